The number of nitrogens with one attached hydrogen (secondary N) is 1. The summed E-state index contributed by atoms with van der Waals surface area (Å²) in [5.41, 5.74) is 3.84. The van der Waals surface area contributed by atoms with Crippen LogP contribution in [0.5, 0.6) is 11.5 Å². The number of amides is 1. The number of ether oxygens (including phenoxy) is 1. The van der Waals surface area contributed by atoms with E-state index in [2.05, 4.69) is 10.2 Å². The Morgan fingerprint density at radius 3 is 2.42 bits per heavy atom. The Hall–Kier alpha value is -3.48. The van der Waals surface area contributed by atoms with Crippen molar-refractivity contribution in [2.45, 2.75) is 12.6 Å². The molecule has 1 aromatic heterocycles. The number of carbonyl (C=O) groups excluding carboxylic acids is 1. The van der Waals surface area contributed by atoms with Crippen LogP contribution in [0.15, 0.2) is 66.7 Å². The molecule has 4 aromatic rings. The van der Waals surface area contributed by atoms with Crippen LogP contribution in [0.2, 0.25) is 10.0 Å². The second kappa shape index (κ2) is 8.46. The third-order valence-corrected chi connectivity index (χ3v) is 6.26. The highest BCUT2D eigenvalue weighted by atomic mass is 35.5. The molecule has 2 N–H and O–H groups in total. The van der Waals surface area contributed by atoms with Crippen LogP contribution in [0.1, 0.15) is 33.2 Å². The van der Waals surface area contributed by atoms with E-state index < -0.39 is 6.04 Å². The predicted octanol–water partition coefficient (Wildman–Crippen LogP) is 5.84. The molecule has 3 aromatic carbocycles. The first-order valence-corrected chi connectivity index (χ1v) is 11.0. The Labute approximate surface area is 200 Å². The normalized spacial score (nSPS) is 15.1. The number of aromatic nitrogens is 2. The number of H-pyrrole nitrogens is 1. The SMILES string of the molecule is COc1ccc(CN2C(=O)c3[nH]nc(-c4cc(Cl)ccc4O)c3C2c2ccc(Cl)cc2)cc1. The molecule has 1 amide bonds. The summed E-state index contributed by atoms with van der Waals surface area (Å²) in [5, 5.41) is 18.8. The highest BCUT2D eigenvalue weighted by Gasteiger charge is 2.42. The average Bonchev–Trinajstić information content (AvgIpc) is 3.36. The lowest BCUT2D eigenvalue weighted by atomic mass is 9.95. The van der Waals surface area contributed by atoms with Gasteiger partial charge in [0.15, 0.2) is 0 Å². The zero-order chi connectivity index (χ0) is 23.1. The standard InChI is InChI=1S/C25H19Cl2N3O3/c1-33-18-9-2-14(3-10-18)13-30-24(15-4-6-16(26)7-5-15)21-22(28-29-23(21)25(30)32)19-12-17(27)8-11-20(19)31/h2-12,24,31H,13H2,1H3,(H,28,29). The van der Waals surface area contributed by atoms with E-state index in [1.807, 2.05) is 36.4 Å². The zero-order valence-electron chi connectivity index (χ0n) is 17.5. The Morgan fingerprint density at radius 2 is 1.73 bits per heavy atom. The number of phenols is 1. The van der Waals surface area contributed by atoms with Crippen molar-refractivity contribution in [1.82, 2.24) is 15.1 Å². The van der Waals surface area contributed by atoms with Crippen molar-refractivity contribution < 1.29 is 14.6 Å². The van der Waals surface area contributed by atoms with E-state index in [0.29, 0.717) is 39.1 Å². The molecule has 166 valence electrons. The summed E-state index contributed by atoms with van der Waals surface area (Å²) in [6, 6.07) is 19.3. The number of aromatic hydroxyl groups is 1. The lowest BCUT2D eigenvalue weighted by molar-refractivity contribution is 0.0730. The van der Waals surface area contributed by atoms with Gasteiger partial charge in [-0.3, -0.25) is 9.89 Å². The van der Waals surface area contributed by atoms with E-state index in [4.69, 9.17) is 27.9 Å². The number of hydrogen-bond acceptors (Lipinski definition) is 4. The average molecular weight is 480 g/mol. The molecular formula is C25H19Cl2N3O3. The molecule has 33 heavy (non-hydrogen) atoms. The topological polar surface area (TPSA) is 78.5 Å². The number of rotatable bonds is 5. The van der Waals surface area contributed by atoms with Gasteiger partial charge >= 0.3 is 0 Å². The van der Waals surface area contributed by atoms with Crippen molar-refractivity contribution in [3.8, 4) is 22.8 Å². The molecule has 0 saturated heterocycles. The fourth-order valence-electron chi connectivity index (χ4n) is 4.18. The van der Waals surface area contributed by atoms with E-state index in [9.17, 15) is 9.90 Å². The van der Waals surface area contributed by atoms with Crippen molar-refractivity contribution >= 4 is 29.1 Å². The summed E-state index contributed by atoms with van der Waals surface area (Å²) in [7, 11) is 1.61. The monoisotopic (exact) mass is 479 g/mol. The minimum Gasteiger partial charge on any atom is -0.507 e. The lowest BCUT2D eigenvalue weighted by Gasteiger charge is -2.26. The van der Waals surface area contributed by atoms with E-state index in [-0.39, 0.29) is 11.7 Å². The van der Waals surface area contributed by atoms with Gasteiger partial charge in [0.2, 0.25) is 0 Å². The number of phenolic OH excluding ortho intramolecular Hbond substituents is 1. The van der Waals surface area contributed by atoms with Gasteiger partial charge in [0, 0.05) is 27.7 Å². The quantitative estimate of drug-likeness (QED) is 0.376. The van der Waals surface area contributed by atoms with Gasteiger partial charge in [-0.15, -0.1) is 0 Å². The Kier molecular flexibility index (Phi) is 5.48. The molecule has 1 unspecified atom stereocenters. The molecule has 0 fully saturated rings. The molecule has 1 atom stereocenters. The van der Waals surface area contributed by atoms with E-state index in [1.54, 1.807) is 36.3 Å². The van der Waals surface area contributed by atoms with Crippen molar-refractivity contribution in [2.24, 2.45) is 0 Å². The van der Waals surface area contributed by atoms with Gasteiger partial charge in [-0.25, -0.2) is 0 Å². The molecule has 0 saturated carbocycles. The predicted molar refractivity (Wildman–Crippen MR) is 127 cm³/mol. The van der Waals surface area contributed by atoms with Gasteiger partial charge in [0.1, 0.15) is 22.9 Å². The molecule has 8 heteroatoms. The molecule has 2 heterocycles. The number of fused-ring (bicyclic) bond motifs is 1. The van der Waals surface area contributed by atoms with Crippen LogP contribution in [-0.2, 0) is 6.54 Å². The van der Waals surface area contributed by atoms with Crippen LogP contribution in [0.4, 0.5) is 0 Å². The van der Waals surface area contributed by atoms with Gasteiger partial charge in [-0.2, -0.15) is 5.10 Å². The van der Waals surface area contributed by atoms with Crippen LogP contribution in [0.3, 0.4) is 0 Å². The van der Waals surface area contributed by atoms with E-state index >= 15 is 0 Å². The maximum Gasteiger partial charge on any atom is 0.273 e. The van der Waals surface area contributed by atoms with Crippen molar-refractivity contribution in [1.29, 1.82) is 0 Å². The fourth-order valence-corrected chi connectivity index (χ4v) is 4.48. The Balaban J connectivity index is 1.63. The molecule has 1 aliphatic heterocycles. The molecule has 5 rings (SSSR count). The number of aromatic amines is 1. The van der Waals surface area contributed by atoms with Crippen molar-refractivity contribution in [3.63, 3.8) is 0 Å². The van der Waals surface area contributed by atoms with Gasteiger partial charge in [0.05, 0.1) is 13.2 Å². The number of hydrogen-bond donors (Lipinski definition) is 2. The van der Waals surface area contributed by atoms with Crippen LogP contribution in [0.25, 0.3) is 11.3 Å². The molecule has 0 spiro atoms. The minimum absolute atomic E-state index is 0.0320. The number of benzene rings is 3. The van der Waals surface area contributed by atoms with Crippen molar-refractivity contribution in [2.75, 3.05) is 7.11 Å². The van der Waals surface area contributed by atoms with Gasteiger partial charge in [0.25, 0.3) is 5.91 Å². The first kappa shape index (κ1) is 21.4. The molecule has 0 radical (unpaired) electrons. The third kappa shape index (κ3) is 3.81. The molecule has 6 nitrogen and oxygen atoms in total. The minimum atomic E-state index is -0.431. The number of methoxy groups -OCH3 is 1. The zero-order valence-corrected chi connectivity index (χ0v) is 19.1. The Bertz CT molecular complexity index is 1330. The summed E-state index contributed by atoms with van der Waals surface area (Å²) >= 11 is 12.3. The van der Waals surface area contributed by atoms with Crippen LogP contribution >= 0.6 is 23.2 Å². The van der Waals surface area contributed by atoms with E-state index in [0.717, 1.165) is 16.9 Å². The smallest absolute Gasteiger partial charge is 0.273 e. The summed E-state index contributed by atoms with van der Waals surface area (Å²) in [4.78, 5) is 15.3. The highest BCUT2D eigenvalue weighted by molar-refractivity contribution is 6.31. The highest BCUT2D eigenvalue weighted by Crippen LogP contribution is 2.45. The molecular weight excluding hydrogens is 461 g/mol. The van der Waals surface area contributed by atoms with Crippen LogP contribution in [0, 0.1) is 0 Å². The Morgan fingerprint density at radius 1 is 1.03 bits per heavy atom. The summed E-state index contributed by atoms with van der Waals surface area (Å²) < 4.78 is 5.24. The van der Waals surface area contributed by atoms with Crippen molar-refractivity contribution in [3.05, 3.63) is 99.2 Å². The first-order valence-electron chi connectivity index (χ1n) is 10.2. The second-order valence-corrected chi connectivity index (χ2v) is 8.63. The van der Waals surface area contributed by atoms with Crippen LogP contribution in [-0.4, -0.2) is 33.2 Å². The molecule has 1 aliphatic rings. The summed E-state index contributed by atoms with van der Waals surface area (Å²) in [6.45, 7) is 0.375. The van der Waals surface area contributed by atoms with Gasteiger partial charge < -0.3 is 14.7 Å². The second-order valence-electron chi connectivity index (χ2n) is 7.76. The van der Waals surface area contributed by atoms with Crippen LogP contribution < -0.4 is 4.74 Å². The van der Waals surface area contributed by atoms with Gasteiger partial charge in [-0.05, 0) is 53.6 Å². The number of nitrogens with zero attached hydrogens (tertiary/aromatic N) is 2. The third-order valence-electron chi connectivity index (χ3n) is 5.78. The maximum atomic E-state index is 13.5. The lowest BCUT2D eigenvalue weighted by Crippen LogP contribution is -2.29. The number of halogens is 2. The largest absolute Gasteiger partial charge is 0.507 e. The molecule has 0 aliphatic carbocycles. The maximum absolute atomic E-state index is 13.5. The summed E-state index contributed by atoms with van der Waals surface area (Å²) in [5.74, 6) is 0.597. The van der Waals surface area contributed by atoms with E-state index in [1.165, 1.54) is 6.07 Å². The fraction of sp³-hybridized carbons (Fsp3) is 0.120. The molecule has 0 bridgehead atoms. The summed E-state index contributed by atoms with van der Waals surface area (Å²) in [6.07, 6.45) is 0. The number of carbonyl (C=O) groups is 1. The first-order chi connectivity index (χ1) is 16.0. The van der Waals surface area contributed by atoms with Gasteiger partial charge in [-0.1, -0.05) is 47.5 Å².